The van der Waals surface area contributed by atoms with Gasteiger partial charge in [-0.1, -0.05) is 0 Å². The molecule has 1 aliphatic carbocycles. The molecule has 1 saturated carbocycles. The fourth-order valence-corrected chi connectivity index (χ4v) is 2.58. The van der Waals surface area contributed by atoms with Crippen LogP contribution in [0.15, 0.2) is 18.2 Å². The van der Waals surface area contributed by atoms with E-state index in [4.69, 9.17) is 5.73 Å². The van der Waals surface area contributed by atoms with E-state index >= 15 is 0 Å². The first-order valence-electron chi connectivity index (χ1n) is 5.05. The molecule has 2 atom stereocenters. The molecule has 1 spiro atoms. The summed E-state index contributed by atoms with van der Waals surface area (Å²) in [6.07, 6.45) is 2.15. The van der Waals surface area contributed by atoms with E-state index in [0.29, 0.717) is 5.75 Å². The van der Waals surface area contributed by atoms with Crippen LogP contribution in [0.1, 0.15) is 18.4 Å². The van der Waals surface area contributed by atoms with Gasteiger partial charge in [0.15, 0.2) is 0 Å². The van der Waals surface area contributed by atoms with Crippen LogP contribution in [0.3, 0.4) is 0 Å². The minimum atomic E-state index is 0.166. The molecular weight excluding hydrogens is 176 g/mol. The highest BCUT2D eigenvalue weighted by Crippen LogP contribution is 2.54. The number of benzene rings is 1. The van der Waals surface area contributed by atoms with E-state index in [1.165, 1.54) is 5.56 Å². The van der Waals surface area contributed by atoms with E-state index in [0.717, 1.165) is 25.1 Å². The molecule has 1 aromatic carbocycles. The molecular formula is C11H14N2O. The number of nitrogens with two attached hydrogens (primary N) is 1. The van der Waals surface area contributed by atoms with Gasteiger partial charge in [-0.2, -0.15) is 0 Å². The summed E-state index contributed by atoms with van der Waals surface area (Å²) < 4.78 is 0. The Hall–Kier alpha value is -1.22. The third-order valence-corrected chi connectivity index (χ3v) is 3.56. The number of nitrogens with one attached hydrogen (secondary N) is 1. The fraction of sp³-hybridized carbons (Fsp3) is 0.455. The summed E-state index contributed by atoms with van der Waals surface area (Å²) in [4.78, 5) is 0. The standard InChI is InChI=1S/C11H14N2O/c12-10-6-11(10)3-4-13-9-2-1-7(14)5-8(9)11/h1-2,5,10,13-14H,3-4,6,12H2. The molecule has 4 N–H and O–H groups in total. The largest absolute Gasteiger partial charge is 0.508 e. The van der Waals surface area contributed by atoms with Gasteiger partial charge in [-0.3, -0.25) is 0 Å². The highest BCUT2D eigenvalue weighted by molar-refractivity contribution is 5.62. The third kappa shape index (κ3) is 0.904. The predicted octanol–water partition coefficient (Wildman–Crippen LogP) is 1.18. The second kappa shape index (κ2) is 2.42. The molecule has 0 amide bonds. The van der Waals surface area contributed by atoms with Crippen molar-refractivity contribution in [3.63, 3.8) is 0 Å². The van der Waals surface area contributed by atoms with E-state index in [1.807, 2.05) is 12.1 Å². The monoisotopic (exact) mass is 190 g/mol. The maximum atomic E-state index is 9.47. The zero-order chi connectivity index (χ0) is 9.76. The van der Waals surface area contributed by atoms with Crippen LogP contribution in [-0.2, 0) is 5.41 Å². The van der Waals surface area contributed by atoms with Crippen molar-refractivity contribution in [1.29, 1.82) is 0 Å². The molecule has 0 aromatic heterocycles. The van der Waals surface area contributed by atoms with Crippen LogP contribution < -0.4 is 11.1 Å². The number of phenolic OH excluding ortho intramolecular Hbond substituents is 1. The summed E-state index contributed by atoms with van der Waals surface area (Å²) in [7, 11) is 0. The quantitative estimate of drug-likeness (QED) is 0.538. The smallest absolute Gasteiger partial charge is 0.116 e. The average molecular weight is 190 g/mol. The summed E-state index contributed by atoms with van der Waals surface area (Å²) in [5.74, 6) is 0.339. The first-order chi connectivity index (χ1) is 6.72. The van der Waals surface area contributed by atoms with Crippen molar-refractivity contribution >= 4 is 5.69 Å². The number of hydrogen-bond acceptors (Lipinski definition) is 3. The maximum absolute atomic E-state index is 9.47. The summed E-state index contributed by atoms with van der Waals surface area (Å²) in [5.41, 5.74) is 8.50. The van der Waals surface area contributed by atoms with Gasteiger partial charge in [-0.25, -0.2) is 0 Å². The molecule has 1 aliphatic heterocycles. The van der Waals surface area contributed by atoms with Gasteiger partial charge in [-0.15, -0.1) is 0 Å². The lowest BCUT2D eigenvalue weighted by atomic mass is 9.87. The first kappa shape index (κ1) is 8.12. The van der Waals surface area contributed by atoms with Gasteiger partial charge in [-0.05, 0) is 36.6 Å². The average Bonchev–Trinajstić information content (AvgIpc) is 2.80. The molecule has 0 saturated heterocycles. The summed E-state index contributed by atoms with van der Waals surface area (Å²) in [6.45, 7) is 0.992. The van der Waals surface area contributed by atoms with E-state index in [9.17, 15) is 5.11 Å². The molecule has 3 rings (SSSR count). The van der Waals surface area contributed by atoms with Crippen molar-refractivity contribution in [1.82, 2.24) is 0 Å². The van der Waals surface area contributed by atoms with Gasteiger partial charge in [0.1, 0.15) is 5.75 Å². The third-order valence-electron chi connectivity index (χ3n) is 3.56. The van der Waals surface area contributed by atoms with E-state index < -0.39 is 0 Å². The zero-order valence-corrected chi connectivity index (χ0v) is 7.96. The minimum absolute atomic E-state index is 0.166. The van der Waals surface area contributed by atoms with Crippen molar-refractivity contribution in [3.8, 4) is 5.75 Å². The lowest BCUT2D eigenvalue weighted by Crippen LogP contribution is -2.27. The number of fused-ring (bicyclic) bond motifs is 2. The SMILES string of the molecule is NC1CC12CCNc1ccc(O)cc12. The number of aromatic hydroxyl groups is 1. The Morgan fingerprint density at radius 3 is 3.00 bits per heavy atom. The second-order valence-electron chi connectivity index (χ2n) is 4.37. The molecule has 0 bridgehead atoms. The number of anilines is 1. The maximum Gasteiger partial charge on any atom is 0.116 e. The van der Waals surface area contributed by atoms with Crippen LogP contribution in [-0.4, -0.2) is 17.7 Å². The summed E-state index contributed by atoms with van der Waals surface area (Å²) in [6, 6.07) is 5.80. The van der Waals surface area contributed by atoms with Gasteiger partial charge in [0, 0.05) is 23.7 Å². The number of hydrogen-bond donors (Lipinski definition) is 3. The van der Waals surface area contributed by atoms with Crippen LogP contribution in [0.2, 0.25) is 0 Å². The highest BCUT2D eigenvalue weighted by Gasteiger charge is 2.54. The molecule has 0 radical (unpaired) electrons. The van der Waals surface area contributed by atoms with Crippen molar-refractivity contribution < 1.29 is 5.11 Å². The van der Waals surface area contributed by atoms with E-state index in [1.54, 1.807) is 6.07 Å². The molecule has 1 fully saturated rings. The number of rotatable bonds is 0. The first-order valence-corrected chi connectivity index (χ1v) is 5.05. The molecule has 1 heterocycles. The molecule has 3 nitrogen and oxygen atoms in total. The van der Waals surface area contributed by atoms with Gasteiger partial charge in [0.25, 0.3) is 0 Å². The van der Waals surface area contributed by atoms with Crippen LogP contribution in [0.4, 0.5) is 5.69 Å². The molecule has 74 valence electrons. The Balaban J connectivity index is 2.14. The van der Waals surface area contributed by atoms with Gasteiger partial charge >= 0.3 is 0 Å². The molecule has 2 unspecified atom stereocenters. The molecule has 2 aliphatic rings. The lowest BCUT2D eigenvalue weighted by Gasteiger charge is -2.27. The highest BCUT2D eigenvalue weighted by atomic mass is 16.3. The normalized spacial score (nSPS) is 33.6. The van der Waals surface area contributed by atoms with E-state index in [-0.39, 0.29) is 11.5 Å². The van der Waals surface area contributed by atoms with Crippen LogP contribution in [0.5, 0.6) is 5.75 Å². The summed E-state index contributed by atoms with van der Waals surface area (Å²) >= 11 is 0. The van der Waals surface area contributed by atoms with Crippen LogP contribution >= 0.6 is 0 Å². The second-order valence-corrected chi connectivity index (χ2v) is 4.37. The summed E-state index contributed by atoms with van der Waals surface area (Å²) in [5, 5.41) is 12.8. The topological polar surface area (TPSA) is 58.3 Å². The fourth-order valence-electron chi connectivity index (χ4n) is 2.58. The minimum Gasteiger partial charge on any atom is -0.508 e. The van der Waals surface area contributed by atoms with Crippen molar-refractivity contribution in [3.05, 3.63) is 23.8 Å². The van der Waals surface area contributed by atoms with Crippen molar-refractivity contribution in [2.24, 2.45) is 5.73 Å². The predicted molar refractivity (Wildman–Crippen MR) is 55.5 cm³/mol. The lowest BCUT2D eigenvalue weighted by molar-refractivity contribution is 0.471. The van der Waals surface area contributed by atoms with Gasteiger partial charge < -0.3 is 16.2 Å². The van der Waals surface area contributed by atoms with Crippen LogP contribution in [0, 0.1) is 0 Å². The van der Waals surface area contributed by atoms with Gasteiger partial charge in [0.05, 0.1) is 0 Å². The van der Waals surface area contributed by atoms with E-state index in [2.05, 4.69) is 5.32 Å². The van der Waals surface area contributed by atoms with Crippen molar-refractivity contribution in [2.45, 2.75) is 24.3 Å². The molecule has 14 heavy (non-hydrogen) atoms. The Kier molecular flexibility index (Phi) is 1.40. The van der Waals surface area contributed by atoms with Gasteiger partial charge in [0.2, 0.25) is 0 Å². The van der Waals surface area contributed by atoms with Crippen LogP contribution in [0.25, 0.3) is 0 Å². The Morgan fingerprint density at radius 2 is 2.29 bits per heavy atom. The zero-order valence-electron chi connectivity index (χ0n) is 7.96. The Bertz CT molecular complexity index is 391. The Morgan fingerprint density at radius 1 is 1.50 bits per heavy atom. The number of phenols is 1. The molecule has 3 heteroatoms. The molecule has 1 aromatic rings. The van der Waals surface area contributed by atoms with Crippen molar-refractivity contribution in [2.75, 3.05) is 11.9 Å². The Labute approximate surface area is 82.9 Å².